The highest BCUT2D eigenvalue weighted by molar-refractivity contribution is 5.83. The van der Waals surface area contributed by atoms with Gasteiger partial charge in [0.25, 0.3) is 0 Å². The molecule has 0 aromatic rings. The van der Waals surface area contributed by atoms with E-state index in [0.717, 1.165) is 12.5 Å². The zero-order valence-corrected chi connectivity index (χ0v) is 7.04. The summed E-state index contributed by atoms with van der Waals surface area (Å²) in [4.78, 5) is 21.1. The first-order valence-corrected chi connectivity index (χ1v) is 3.65. The van der Waals surface area contributed by atoms with Crippen molar-refractivity contribution in [2.24, 2.45) is 0 Å². The maximum atomic E-state index is 10.7. The molecule has 0 aliphatic rings. The predicted molar refractivity (Wildman–Crippen MR) is 42.4 cm³/mol. The Morgan fingerprint density at radius 2 is 2.08 bits per heavy atom. The molecule has 0 bridgehead atoms. The Bertz CT molecular complexity index is 174. The monoisotopic (exact) mass is 172 g/mol. The number of carbonyl (C=O) groups is 2. The molecule has 0 rings (SSSR count). The summed E-state index contributed by atoms with van der Waals surface area (Å²) in [6, 6.07) is 0. The summed E-state index contributed by atoms with van der Waals surface area (Å²) < 4.78 is 9.05. The number of hydrogen-bond donors (Lipinski definition) is 0. The fourth-order valence-corrected chi connectivity index (χ4v) is 0.447. The van der Waals surface area contributed by atoms with Gasteiger partial charge in [-0.1, -0.05) is 13.5 Å². The zero-order valence-electron chi connectivity index (χ0n) is 7.04. The van der Waals surface area contributed by atoms with Crippen molar-refractivity contribution in [3.63, 3.8) is 0 Å². The third-order valence-corrected chi connectivity index (χ3v) is 0.966. The van der Waals surface area contributed by atoms with Crippen LogP contribution in [-0.2, 0) is 19.1 Å². The lowest BCUT2D eigenvalue weighted by Crippen LogP contribution is -2.15. The first-order chi connectivity index (χ1) is 5.70. The minimum atomic E-state index is -0.622. The number of rotatable bonds is 5. The van der Waals surface area contributed by atoms with Crippen molar-refractivity contribution in [2.45, 2.75) is 13.3 Å². The van der Waals surface area contributed by atoms with Gasteiger partial charge in [0.2, 0.25) is 0 Å². The third kappa shape index (κ3) is 5.46. The fraction of sp³-hybridized carbons (Fsp3) is 0.500. The summed E-state index contributed by atoms with van der Waals surface area (Å²) in [6.07, 6.45) is 1.74. The molecule has 0 saturated carbocycles. The average molecular weight is 172 g/mol. The van der Waals surface area contributed by atoms with E-state index in [2.05, 4.69) is 16.1 Å². The van der Waals surface area contributed by atoms with E-state index in [9.17, 15) is 9.59 Å². The van der Waals surface area contributed by atoms with E-state index >= 15 is 0 Å². The van der Waals surface area contributed by atoms with Gasteiger partial charge in [-0.25, -0.2) is 9.59 Å². The second-order valence-electron chi connectivity index (χ2n) is 2.03. The van der Waals surface area contributed by atoms with Gasteiger partial charge in [0.05, 0.1) is 6.61 Å². The number of hydrogen-bond acceptors (Lipinski definition) is 4. The molecule has 0 fully saturated rings. The lowest BCUT2D eigenvalue weighted by Gasteiger charge is -2.02. The Balaban J connectivity index is 3.43. The lowest BCUT2D eigenvalue weighted by molar-refractivity contribution is -0.156. The smallest absolute Gasteiger partial charge is 0.344 e. The molecule has 0 spiro atoms. The molecule has 0 saturated heterocycles. The van der Waals surface area contributed by atoms with Gasteiger partial charge in [-0.05, 0) is 6.42 Å². The van der Waals surface area contributed by atoms with Gasteiger partial charge in [-0.15, -0.1) is 0 Å². The topological polar surface area (TPSA) is 52.6 Å². The van der Waals surface area contributed by atoms with Gasteiger partial charge >= 0.3 is 11.9 Å². The van der Waals surface area contributed by atoms with Gasteiger partial charge in [-0.3, -0.25) is 0 Å². The standard InChI is InChI=1S/C8H12O4/c1-3-5-11-8(10)6-12-7(9)4-2/h4H,2-3,5-6H2,1H3. The van der Waals surface area contributed by atoms with E-state index in [1.807, 2.05) is 6.92 Å². The Kier molecular flexibility index (Phi) is 5.69. The first kappa shape index (κ1) is 10.7. The van der Waals surface area contributed by atoms with Crippen LogP contribution in [0.4, 0.5) is 0 Å². The van der Waals surface area contributed by atoms with Crippen molar-refractivity contribution >= 4 is 11.9 Å². The van der Waals surface area contributed by atoms with Crippen LogP contribution in [0.5, 0.6) is 0 Å². The van der Waals surface area contributed by atoms with Crippen LogP contribution in [-0.4, -0.2) is 25.2 Å². The summed E-state index contributed by atoms with van der Waals surface area (Å²) in [5, 5.41) is 0. The van der Waals surface area contributed by atoms with Crippen LogP contribution in [0.1, 0.15) is 13.3 Å². The Hall–Kier alpha value is -1.32. The van der Waals surface area contributed by atoms with Gasteiger partial charge in [0.1, 0.15) is 0 Å². The molecule has 0 aromatic carbocycles. The summed E-state index contributed by atoms with van der Waals surface area (Å²) >= 11 is 0. The molecule has 0 radical (unpaired) electrons. The molecule has 0 amide bonds. The van der Waals surface area contributed by atoms with Crippen molar-refractivity contribution in [2.75, 3.05) is 13.2 Å². The minimum Gasteiger partial charge on any atom is -0.463 e. The molecule has 0 aliphatic carbocycles. The van der Waals surface area contributed by atoms with Crippen LogP contribution in [0.2, 0.25) is 0 Å². The second-order valence-corrected chi connectivity index (χ2v) is 2.03. The average Bonchev–Trinajstić information content (AvgIpc) is 2.10. The molecule has 12 heavy (non-hydrogen) atoms. The predicted octanol–water partition coefficient (Wildman–Crippen LogP) is 0.669. The molecule has 0 atom stereocenters. The van der Waals surface area contributed by atoms with Crippen molar-refractivity contribution < 1.29 is 19.1 Å². The molecule has 0 heterocycles. The van der Waals surface area contributed by atoms with Crippen LogP contribution in [0.3, 0.4) is 0 Å². The highest BCUT2D eigenvalue weighted by Crippen LogP contribution is 1.85. The summed E-state index contributed by atoms with van der Waals surface area (Å²) in [6.45, 7) is 5.06. The van der Waals surface area contributed by atoms with Crippen molar-refractivity contribution in [1.82, 2.24) is 0 Å². The van der Waals surface area contributed by atoms with E-state index in [4.69, 9.17) is 0 Å². The van der Waals surface area contributed by atoms with Gasteiger partial charge in [0, 0.05) is 6.08 Å². The van der Waals surface area contributed by atoms with Crippen molar-refractivity contribution in [3.05, 3.63) is 12.7 Å². The molecule has 4 heteroatoms. The molecule has 0 aromatic heterocycles. The summed E-state index contributed by atoms with van der Waals surface area (Å²) in [7, 11) is 0. The molecule has 4 nitrogen and oxygen atoms in total. The van der Waals surface area contributed by atoms with Crippen LogP contribution >= 0.6 is 0 Å². The maximum absolute atomic E-state index is 10.7. The molecule has 0 aliphatic heterocycles. The summed E-state index contributed by atoms with van der Waals surface area (Å²) in [5.41, 5.74) is 0. The molecule has 0 N–H and O–H groups in total. The SMILES string of the molecule is C=CC(=O)OCC(=O)OCCC. The molecule has 0 unspecified atom stereocenters. The van der Waals surface area contributed by atoms with E-state index in [0.29, 0.717) is 6.61 Å². The number of esters is 2. The van der Waals surface area contributed by atoms with E-state index in [1.165, 1.54) is 0 Å². The van der Waals surface area contributed by atoms with Gasteiger partial charge in [0.15, 0.2) is 6.61 Å². The summed E-state index contributed by atoms with van der Waals surface area (Å²) in [5.74, 6) is -1.16. The number of ether oxygens (including phenoxy) is 2. The molecular weight excluding hydrogens is 160 g/mol. The lowest BCUT2D eigenvalue weighted by atomic mass is 10.5. The normalized spacial score (nSPS) is 8.75. The van der Waals surface area contributed by atoms with Crippen molar-refractivity contribution in [3.8, 4) is 0 Å². The van der Waals surface area contributed by atoms with Crippen molar-refractivity contribution in [1.29, 1.82) is 0 Å². The fourth-order valence-electron chi connectivity index (χ4n) is 0.447. The second kappa shape index (κ2) is 6.39. The minimum absolute atomic E-state index is 0.342. The van der Waals surface area contributed by atoms with Crippen LogP contribution < -0.4 is 0 Å². The van der Waals surface area contributed by atoms with Crippen LogP contribution in [0.25, 0.3) is 0 Å². The zero-order chi connectivity index (χ0) is 9.40. The Morgan fingerprint density at radius 3 is 2.58 bits per heavy atom. The first-order valence-electron chi connectivity index (χ1n) is 3.65. The molecule has 68 valence electrons. The van der Waals surface area contributed by atoms with Gasteiger partial charge in [-0.2, -0.15) is 0 Å². The van der Waals surface area contributed by atoms with Crippen LogP contribution in [0, 0.1) is 0 Å². The Labute approximate surface area is 71.2 Å². The van der Waals surface area contributed by atoms with E-state index < -0.39 is 11.9 Å². The van der Waals surface area contributed by atoms with E-state index in [1.54, 1.807) is 0 Å². The number of carbonyl (C=O) groups excluding carboxylic acids is 2. The maximum Gasteiger partial charge on any atom is 0.344 e. The van der Waals surface area contributed by atoms with E-state index in [-0.39, 0.29) is 6.61 Å². The molecular formula is C8H12O4. The third-order valence-electron chi connectivity index (χ3n) is 0.966. The Morgan fingerprint density at radius 1 is 1.42 bits per heavy atom. The van der Waals surface area contributed by atoms with Crippen LogP contribution in [0.15, 0.2) is 12.7 Å². The largest absolute Gasteiger partial charge is 0.463 e. The highest BCUT2D eigenvalue weighted by Gasteiger charge is 2.04. The highest BCUT2D eigenvalue weighted by atomic mass is 16.6. The van der Waals surface area contributed by atoms with Gasteiger partial charge < -0.3 is 9.47 Å². The quantitative estimate of drug-likeness (QED) is 0.451.